The van der Waals surface area contributed by atoms with Gasteiger partial charge in [-0.05, 0) is 32.9 Å². The number of hydrogen-bond acceptors (Lipinski definition) is 6. The van der Waals surface area contributed by atoms with Gasteiger partial charge in [0.2, 0.25) is 0 Å². The van der Waals surface area contributed by atoms with Crippen molar-refractivity contribution in [1.29, 1.82) is 0 Å². The van der Waals surface area contributed by atoms with Crippen molar-refractivity contribution in [3.05, 3.63) is 23.9 Å². The summed E-state index contributed by atoms with van der Waals surface area (Å²) in [5.74, 6) is -1.36. The van der Waals surface area contributed by atoms with E-state index in [4.69, 9.17) is 9.84 Å². The Bertz CT molecular complexity index is 496. The molecule has 0 bridgehead atoms. The maximum Gasteiger partial charge on any atom is 0.416 e. The van der Waals surface area contributed by atoms with E-state index < -0.39 is 24.2 Å². The van der Waals surface area contributed by atoms with Crippen LogP contribution in [0.25, 0.3) is 0 Å². The van der Waals surface area contributed by atoms with Crippen molar-refractivity contribution in [2.75, 3.05) is 11.4 Å². The minimum atomic E-state index is -1.44. The number of aliphatic hydroxyl groups excluding tert-OH is 1. The van der Waals surface area contributed by atoms with Crippen molar-refractivity contribution in [3.8, 4) is 0 Å². The number of aromatic nitrogens is 1. The molecule has 0 saturated heterocycles. The molecule has 1 amide bonds. The molecule has 7 heteroatoms. The summed E-state index contributed by atoms with van der Waals surface area (Å²) in [5.41, 5.74) is -0.454. The average molecular weight is 281 g/mol. The van der Waals surface area contributed by atoms with E-state index in [1.54, 1.807) is 32.9 Å². The number of anilines is 1. The fraction of sp³-hybridized carbons (Fsp3) is 0.462. The third-order valence-corrected chi connectivity index (χ3v) is 2.13. The molecule has 1 heterocycles. The van der Waals surface area contributed by atoms with E-state index >= 15 is 0 Å². The first-order valence-electron chi connectivity index (χ1n) is 6.00. The molecule has 0 spiro atoms. The van der Waals surface area contributed by atoms with Gasteiger partial charge in [-0.1, -0.05) is 6.07 Å². The first kappa shape index (κ1) is 15.9. The number of amides is 1. The number of ether oxygens (including phenoxy) is 1. The lowest BCUT2D eigenvalue weighted by molar-refractivity contribution is -0.303. The lowest BCUT2D eigenvalue weighted by atomic mass is 10.2. The van der Waals surface area contributed by atoms with E-state index in [-0.39, 0.29) is 12.4 Å². The third kappa shape index (κ3) is 4.85. The largest absolute Gasteiger partial charge is 0.548 e. The number of carboxylic acid groups (broad SMARTS) is 1. The van der Waals surface area contributed by atoms with Crippen molar-refractivity contribution in [2.45, 2.75) is 33.0 Å². The van der Waals surface area contributed by atoms with E-state index in [0.29, 0.717) is 5.69 Å². The third-order valence-electron chi connectivity index (χ3n) is 2.13. The van der Waals surface area contributed by atoms with Gasteiger partial charge in [-0.3, -0.25) is 4.90 Å². The van der Waals surface area contributed by atoms with Crippen LogP contribution in [0.15, 0.2) is 18.2 Å². The molecule has 7 nitrogen and oxygen atoms in total. The fourth-order valence-electron chi connectivity index (χ4n) is 1.39. The molecule has 1 N–H and O–H groups in total. The van der Waals surface area contributed by atoms with Crippen LogP contribution >= 0.6 is 0 Å². The Labute approximate surface area is 116 Å². The molecule has 1 aromatic heterocycles. The number of carboxylic acids is 1. The molecule has 1 aromatic rings. The van der Waals surface area contributed by atoms with Crippen LogP contribution in [-0.2, 0) is 16.1 Å². The summed E-state index contributed by atoms with van der Waals surface area (Å²) >= 11 is 0. The number of nitrogens with zero attached hydrogens (tertiary/aromatic N) is 2. The highest BCUT2D eigenvalue weighted by atomic mass is 16.6. The summed E-state index contributed by atoms with van der Waals surface area (Å²) in [6, 6.07) is 4.56. The van der Waals surface area contributed by atoms with E-state index in [9.17, 15) is 14.7 Å². The maximum absolute atomic E-state index is 12.0. The van der Waals surface area contributed by atoms with Gasteiger partial charge in [0.05, 0.1) is 24.8 Å². The predicted molar refractivity (Wildman–Crippen MR) is 68.7 cm³/mol. The van der Waals surface area contributed by atoms with Crippen LogP contribution in [0, 0.1) is 0 Å². The van der Waals surface area contributed by atoms with Crippen LogP contribution in [0.1, 0.15) is 26.5 Å². The van der Waals surface area contributed by atoms with Crippen LogP contribution in [-0.4, -0.2) is 34.3 Å². The highest BCUT2D eigenvalue weighted by Gasteiger charge is 2.24. The summed E-state index contributed by atoms with van der Waals surface area (Å²) in [6.45, 7) is 4.00. The fourth-order valence-corrected chi connectivity index (χ4v) is 1.39. The Morgan fingerprint density at radius 3 is 2.55 bits per heavy atom. The second-order valence-corrected chi connectivity index (χ2v) is 5.08. The van der Waals surface area contributed by atoms with Crippen molar-refractivity contribution in [1.82, 2.24) is 4.98 Å². The van der Waals surface area contributed by atoms with Gasteiger partial charge in [0, 0.05) is 0 Å². The van der Waals surface area contributed by atoms with E-state index in [0.717, 1.165) is 4.90 Å². The van der Waals surface area contributed by atoms with Crippen LogP contribution in [0.2, 0.25) is 0 Å². The lowest BCUT2D eigenvalue weighted by Gasteiger charge is -2.27. The molecule has 0 unspecified atom stereocenters. The Kier molecular flexibility index (Phi) is 5.04. The predicted octanol–water partition coefficient (Wildman–Crippen LogP) is 0.0653. The molecule has 0 aliphatic heterocycles. The Hall–Kier alpha value is -2.15. The van der Waals surface area contributed by atoms with Gasteiger partial charge in [0.15, 0.2) is 0 Å². The van der Waals surface area contributed by atoms with Crippen molar-refractivity contribution >= 4 is 17.9 Å². The van der Waals surface area contributed by atoms with Crippen molar-refractivity contribution in [3.63, 3.8) is 0 Å². The molecule has 0 atom stereocenters. The molecule has 110 valence electrons. The number of hydrogen-bond donors (Lipinski definition) is 1. The Morgan fingerprint density at radius 2 is 2.05 bits per heavy atom. The topological polar surface area (TPSA) is 103 Å². The molecular formula is C13H17N2O5-. The van der Waals surface area contributed by atoms with Crippen molar-refractivity contribution in [2.24, 2.45) is 0 Å². The minimum absolute atomic E-state index is 0.0787. The summed E-state index contributed by atoms with van der Waals surface area (Å²) in [4.78, 5) is 27.6. The minimum Gasteiger partial charge on any atom is -0.548 e. The first-order chi connectivity index (χ1) is 9.23. The second kappa shape index (κ2) is 6.33. The molecule has 1 rings (SSSR count). The maximum atomic E-state index is 12.0. The van der Waals surface area contributed by atoms with Crippen LogP contribution in [0.5, 0.6) is 0 Å². The average Bonchev–Trinajstić information content (AvgIpc) is 2.33. The SMILES string of the molecule is CC(C)(C)OC(=O)N(CC(=O)[O-])c1cccc(CO)n1. The number of rotatable bonds is 4. The molecule has 0 saturated carbocycles. The summed E-state index contributed by atoms with van der Waals surface area (Å²) in [7, 11) is 0. The quantitative estimate of drug-likeness (QED) is 0.837. The molecule has 20 heavy (non-hydrogen) atoms. The summed E-state index contributed by atoms with van der Waals surface area (Å²) in [6.07, 6.45) is -0.843. The normalized spacial score (nSPS) is 11.0. The Balaban J connectivity index is 3.04. The highest BCUT2D eigenvalue weighted by Crippen LogP contribution is 2.16. The molecule has 0 aliphatic rings. The number of aliphatic carboxylic acids is 1. The van der Waals surface area contributed by atoms with Crippen LogP contribution in [0.3, 0.4) is 0 Å². The summed E-state index contributed by atoms with van der Waals surface area (Å²) in [5, 5.41) is 19.8. The summed E-state index contributed by atoms with van der Waals surface area (Å²) < 4.78 is 5.12. The van der Waals surface area contributed by atoms with E-state index in [2.05, 4.69) is 4.98 Å². The van der Waals surface area contributed by atoms with Gasteiger partial charge < -0.3 is 19.7 Å². The van der Waals surface area contributed by atoms with Crippen LogP contribution in [0.4, 0.5) is 10.6 Å². The van der Waals surface area contributed by atoms with Gasteiger partial charge in [-0.15, -0.1) is 0 Å². The number of pyridine rings is 1. The molecule has 0 aromatic carbocycles. The second-order valence-electron chi connectivity index (χ2n) is 5.08. The molecular weight excluding hydrogens is 264 g/mol. The molecule has 0 aliphatic carbocycles. The zero-order valence-corrected chi connectivity index (χ0v) is 11.6. The zero-order chi connectivity index (χ0) is 15.3. The zero-order valence-electron chi connectivity index (χ0n) is 11.6. The number of carbonyl (C=O) groups excluding carboxylic acids is 2. The highest BCUT2D eigenvalue weighted by molar-refractivity contribution is 5.91. The van der Waals surface area contributed by atoms with Gasteiger partial charge in [-0.2, -0.15) is 0 Å². The molecule has 0 fully saturated rings. The van der Waals surface area contributed by atoms with E-state index in [1.807, 2.05) is 0 Å². The lowest BCUT2D eigenvalue weighted by Crippen LogP contribution is -2.44. The Morgan fingerprint density at radius 1 is 1.40 bits per heavy atom. The van der Waals surface area contributed by atoms with Gasteiger partial charge in [0.25, 0.3) is 0 Å². The first-order valence-corrected chi connectivity index (χ1v) is 6.00. The van der Waals surface area contributed by atoms with Gasteiger partial charge >= 0.3 is 6.09 Å². The van der Waals surface area contributed by atoms with Gasteiger partial charge in [0.1, 0.15) is 11.4 Å². The number of aliphatic hydroxyl groups is 1. The van der Waals surface area contributed by atoms with Crippen molar-refractivity contribution < 1.29 is 24.5 Å². The monoisotopic (exact) mass is 281 g/mol. The number of carbonyl (C=O) groups is 2. The standard InChI is InChI=1S/C13H18N2O5/c1-13(2,3)20-12(19)15(7-11(17)18)10-6-4-5-9(8-16)14-10/h4-6,16H,7-8H2,1-3H3,(H,17,18)/p-1. The van der Waals surface area contributed by atoms with Gasteiger partial charge in [-0.25, -0.2) is 9.78 Å². The van der Waals surface area contributed by atoms with Crippen LogP contribution < -0.4 is 10.0 Å². The smallest absolute Gasteiger partial charge is 0.416 e. The van der Waals surface area contributed by atoms with E-state index in [1.165, 1.54) is 6.07 Å². The molecule has 0 radical (unpaired) electrons.